The molecule has 1 N–H and O–H groups in total. The number of carbonyl (C=O) groups is 1. The van der Waals surface area contributed by atoms with Crippen LogP contribution < -0.4 is 4.74 Å². The van der Waals surface area contributed by atoms with E-state index < -0.39 is 0 Å². The smallest absolute Gasteiger partial charge is 0.153 e. The average molecular weight is 357 g/mol. The van der Waals surface area contributed by atoms with Crippen LogP contribution in [0.3, 0.4) is 0 Å². The predicted octanol–water partition coefficient (Wildman–Crippen LogP) is 4.93. The summed E-state index contributed by atoms with van der Waals surface area (Å²) in [5.41, 5.74) is 4.69. The van der Waals surface area contributed by atoms with Crippen molar-refractivity contribution in [3.63, 3.8) is 0 Å². The zero-order chi connectivity index (χ0) is 18.8. The Balaban J connectivity index is 1.95. The van der Waals surface area contributed by atoms with Gasteiger partial charge in [0.25, 0.3) is 0 Å². The van der Waals surface area contributed by atoms with E-state index in [1.807, 2.05) is 42.5 Å². The molecule has 0 aromatic heterocycles. The second-order valence-corrected chi connectivity index (χ2v) is 6.38. The van der Waals surface area contributed by atoms with Gasteiger partial charge in [0.2, 0.25) is 0 Å². The van der Waals surface area contributed by atoms with Gasteiger partial charge < -0.3 is 4.74 Å². The van der Waals surface area contributed by atoms with Crippen LogP contribution >= 0.6 is 0 Å². The molecule has 0 fully saturated rings. The zero-order valence-electron chi connectivity index (χ0n) is 14.9. The SMILES string of the molecule is COc1ccc(-c2cccc3cccc(C4=CCN(O)C=C4)c23)cc1C=O. The Labute approximate surface area is 157 Å². The van der Waals surface area contributed by atoms with Crippen LogP contribution in [-0.2, 0) is 0 Å². The fourth-order valence-corrected chi connectivity index (χ4v) is 3.50. The molecule has 3 aromatic carbocycles. The van der Waals surface area contributed by atoms with Crippen LogP contribution in [-0.4, -0.2) is 30.2 Å². The molecule has 0 saturated heterocycles. The zero-order valence-corrected chi connectivity index (χ0v) is 14.9. The highest BCUT2D eigenvalue weighted by molar-refractivity contribution is 6.05. The minimum Gasteiger partial charge on any atom is -0.496 e. The number of hydrogen-bond acceptors (Lipinski definition) is 4. The number of nitrogens with zero attached hydrogens (tertiary/aromatic N) is 1. The largest absolute Gasteiger partial charge is 0.496 e. The molecule has 0 spiro atoms. The van der Waals surface area contributed by atoms with Crippen molar-refractivity contribution < 1.29 is 14.7 Å². The van der Waals surface area contributed by atoms with Crippen LogP contribution in [0.5, 0.6) is 5.75 Å². The molecule has 27 heavy (non-hydrogen) atoms. The lowest BCUT2D eigenvalue weighted by Crippen LogP contribution is -2.14. The first kappa shape index (κ1) is 17.1. The van der Waals surface area contributed by atoms with Gasteiger partial charge in [-0.3, -0.25) is 15.1 Å². The van der Waals surface area contributed by atoms with Crippen molar-refractivity contribution in [3.05, 3.63) is 84.1 Å². The van der Waals surface area contributed by atoms with Crippen LogP contribution in [0.2, 0.25) is 0 Å². The van der Waals surface area contributed by atoms with Gasteiger partial charge in [-0.05, 0) is 51.2 Å². The topological polar surface area (TPSA) is 49.8 Å². The van der Waals surface area contributed by atoms with Gasteiger partial charge in [-0.2, -0.15) is 0 Å². The summed E-state index contributed by atoms with van der Waals surface area (Å²) in [7, 11) is 1.56. The quantitative estimate of drug-likeness (QED) is 0.673. The number of carbonyl (C=O) groups excluding carboxylic acids is 1. The standard InChI is InChI=1S/C23H19NO3/c1-27-22-9-8-18(14-19(22)15-25)21-7-3-5-17-4-2-6-20(23(17)21)16-10-12-24(26)13-11-16/h2-12,14-15,26H,13H2,1H3. The molecule has 4 rings (SSSR count). The maximum atomic E-state index is 11.5. The number of allylic oxidation sites excluding steroid dienone is 2. The second kappa shape index (κ2) is 7.09. The summed E-state index contributed by atoms with van der Waals surface area (Å²) in [6, 6.07) is 18.0. The number of benzene rings is 3. The first-order valence-electron chi connectivity index (χ1n) is 8.71. The first-order valence-corrected chi connectivity index (χ1v) is 8.71. The third-order valence-electron chi connectivity index (χ3n) is 4.81. The van der Waals surface area contributed by atoms with E-state index >= 15 is 0 Å². The van der Waals surface area contributed by atoms with Crippen molar-refractivity contribution in [2.45, 2.75) is 0 Å². The van der Waals surface area contributed by atoms with E-state index in [0.717, 1.165) is 44.4 Å². The third-order valence-corrected chi connectivity index (χ3v) is 4.81. The molecule has 0 amide bonds. The fraction of sp³-hybridized carbons (Fsp3) is 0.0870. The number of methoxy groups -OCH3 is 1. The number of rotatable bonds is 4. The highest BCUT2D eigenvalue weighted by atomic mass is 16.5. The fourth-order valence-electron chi connectivity index (χ4n) is 3.50. The molecular weight excluding hydrogens is 338 g/mol. The van der Waals surface area contributed by atoms with Gasteiger partial charge in [-0.25, -0.2) is 0 Å². The number of fused-ring (bicyclic) bond motifs is 1. The summed E-state index contributed by atoms with van der Waals surface area (Å²) in [5, 5.41) is 13.0. The van der Waals surface area contributed by atoms with Crippen molar-refractivity contribution in [1.82, 2.24) is 5.06 Å². The monoisotopic (exact) mass is 357 g/mol. The number of aldehydes is 1. The average Bonchev–Trinajstić information content (AvgIpc) is 2.73. The lowest BCUT2D eigenvalue weighted by atomic mass is 9.90. The molecule has 0 bridgehead atoms. The van der Waals surface area contributed by atoms with Gasteiger partial charge in [0.15, 0.2) is 6.29 Å². The Morgan fingerprint density at radius 1 is 1.07 bits per heavy atom. The van der Waals surface area contributed by atoms with E-state index in [1.54, 1.807) is 13.3 Å². The molecule has 134 valence electrons. The van der Waals surface area contributed by atoms with Gasteiger partial charge >= 0.3 is 0 Å². The maximum absolute atomic E-state index is 11.5. The van der Waals surface area contributed by atoms with Crippen LogP contribution in [0.1, 0.15) is 15.9 Å². The Kier molecular flexibility index (Phi) is 4.48. The number of hydroxylamine groups is 2. The van der Waals surface area contributed by atoms with E-state index in [2.05, 4.69) is 24.3 Å². The molecule has 1 aliphatic rings. The van der Waals surface area contributed by atoms with Gasteiger partial charge in [-0.15, -0.1) is 0 Å². The summed E-state index contributed by atoms with van der Waals surface area (Å²) >= 11 is 0. The Morgan fingerprint density at radius 3 is 2.52 bits per heavy atom. The van der Waals surface area contributed by atoms with Crippen molar-refractivity contribution in [2.24, 2.45) is 0 Å². The molecule has 3 aromatic rings. The van der Waals surface area contributed by atoms with E-state index in [1.165, 1.54) is 0 Å². The van der Waals surface area contributed by atoms with E-state index in [0.29, 0.717) is 17.9 Å². The maximum Gasteiger partial charge on any atom is 0.153 e. The number of hydrogen-bond donors (Lipinski definition) is 1. The minimum atomic E-state index is 0.447. The molecule has 0 saturated carbocycles. The summed E-state index contributed by atoms with van der Waals surface area (Å²) in [6.07, 6.45) is 6.38. The van der Waals surface area contributed by atoms with Gasteiger partial charge in [-0.1, -0.05) is 48.5 Å². The lowest BCUT2D eigenvalue weighted by molar-refractivity contribution is -0.0299. The molecular formula is C23H19NO3. The Morgan fingerprint density at radius 2 is 1.85 bits per heavy atom. The second-order valence-electron chi connectivity index (χ2n) is 6.38. The van der Waals surface area contributed by atoms with Crippen LogP contribution in [0.25, 0.3) is 27.5 Å². The summed E-state index contributed by atoms with van der Waals surface area (Å²) in [4.78, 5) is 11.5. The summed E-state index contributed by atoms with van der Waals surface area (Å²) in [5.74, 6) is 0.565. The molecule has 1 aliphatic heterocycles. The summed E-state index contributed by atoms with van der Waals surface area (Å²) in [6.45, 7) is 0.447. The first-order chi connectivity index (χ1) is 13.2. The minimum absolute atomic E-state index is 0.447. The lowest BCUT2D eigenvalue weighted by Gasteiger charge is -2.18. The molecule has 0 unspecified atom stereocenters. The van der Waals surface area contributed by atoms with Crippen molar-refractivity contribution in [1.29, 1.82) is 0 Å². The molecule has 0 atom stereocenters. The van der Waals surface area contributed by atoms with E-state index in [4.69, 9.17) is 4.74 Å². The van der Waals surface area contributed by atoms with E-state index in [9.17, 15) is 10.0 Å². The van der Waals surface area contributed by atoms with Gasteiger partial charge in [0.05, 0.1) is 19.2 Å². The van der Waals surface area contributed by atoms with E-state index in [-0.39, 0.29) is 0 Å². The van der Waals surface area contributed by atoms with Gasteiger partial charge in [0, 0.05) is 6.20 Å². The molecule has 1 heterocycles. The van der Waals surface area contributed by atoms with Crippen molar-refractivity contribution in [2.75, 3.05) is 13.7 Å². The highest BCUT2D eigenvalue weighted by Crippen LogP contribution is 2.36. The molecule has 0 aliphatic carbocycles. The molecule has 4 heteroatoms. The Bertz CT molecular complexity index is 1080. The van der Waals surface area contributed by atoms with Crippen LogP contribution in [0.4, 0.5) is 0 Å². The van der Waals surface area contributed by atoms with Crippen molar-refractivity contribution in [3.8, 4) is 16.9 Å². The van der Waals surface area contributed by atoms with Crippen LogP contribution in [0.15, 0.2) is 72.9 Å². The summed E-state index contributed by atoms with van der Waals surface area (Å²) < 4.78 is 5.27. The van der Waals surface area contributed by atoms with Gasteiger partial charge in [0.1, 0.15) is 5.75 Å². The molecule has 0 radical (unpaired) electrons. The van der Waals surface area contributed by atoms with Crippen molar-refractivity contribution >= 4 is 22.6 Å². The Hall–Kier alpha value is -3.37. The number of ether oxygens (including phenoxy) is 1. The molecule has 4 nitrogen and oxygen atoms in total. The van der Waals surface area contributed by atoms with Crippen LogP contribution in [0, 0.1) is 0 Å². The normalized spacial score (nSPS) is 13.6. The highest BCUT2D eigenvalue weighted by Gasteiger charge is 2.13. The third kappa shape index (κ3) is 3.11. The predicted molar refractivity (Wildman–Crippen MR) is 107 cm³/mol.